The van der Waals surface area contributed by atoms with Crippen LogP contribution in [0.3, 0.4) is 0 Å². The van der Waals surface area contributed by atoms with Gasteiger partial charge < -0.3 is 14.2 Å². The number of allylic oxidation sites excluding steroid dienone is 8. The second-order valence-electron chi connectivity index (χ2n) is 20.2. The van der Waals surface area contributed by atoms with Crippen molar-refractivity contribution in [3.05, 3.63) is 48.6 Å². The van der Waals surface area contributed by atoms with Gasteiger partial charge >= 0.3 is 11.9 Å². The summed E-state index contributed by atoms with van der Waals surface area (Å²) < 4.78 is 17.5. The topological polar surface area (TPSA) is 61.8 Å². The Morgan fingerprint density at radius 3 is 1.03 bits per heavy atom. The Kier molecular flexibility index (Phi) is 57.3. The molecule has 0 aliphatic rings. The molecule has 398 valence electrons. The molecule has 5 nitrogen and oxygen atoms in total. The van der Waals surface area contributed by atoms with E-state index in [9.17, 15) is 9.59 Å². The van der Waals surface area contributed by atoms with Gasteiger partial charge in [0.25, 0.3) is 0 Å². The Morgan fingerprint density at radius 1 is 0.324 bits per heavy atom. The van der Waals surface area contributed by atoms with Crippen LogP contribution in [0.15, 0.2) is 48.6 Å². The molecule has 0 saturated heterocycles. The smallest absolute Gasteiger partial charge is 0.306 e. The van der Waals surface area contributed by atoms with E-state index in [4.69, 9.17) is 14.2 Å². The second-order valence-corrected chi connectivity index (χ2v) is 20.2. The third kappa shape index (κ3) is 56.4. The van der Waals surface area contributed by atoms with Crippen molar-refractivity contribution in [2.24, 2.45) is 0 Å². The van der Waals surface area contributed by atoms with E-state index < -0.39 is 6.10 Å². The molecule has 1 unspecified atom stereocenters. The number of carbonyl (C=O) groups excluding carboxylic acids is 2. The van der Waals surface area contributed by atoms with Crippen LogP contribution in [-0.2, 0) is 23.8 Å². The maximum atomic E-state index is 12.8. The quantitative estimate of drug-likeness (QED) is 0.0345. The predicted octanol–water partition coefficient (Wildman–Crippen LogP) is 20.7. The summed E-state index contributed by atoms with van der Waals surface area (Å²) in [5.41, 5.74) is 0. The Balaban J connectivity index is 4.22. The van der Waals surface area contributed by atoms with Crippen LogP contribution in [0.1, 0.15) is 316 Å². The van der Waals surface area contributed by atoms with Crippen molar-refractivity contribution in [3.8, 4) is 0 Å². The minimum atomic E-state index is -0.542. The third-order valence-corrected chi connectivity index (χ3v) is 13.3. The number of hydrogen-bond acceptors (Lipinski definition) is 5. The van der Waals surface area contributed by atoms with Gasteiger partial charge in [-0.1, -0.05) is 249 Å². The number of esters is 2. The van der Waals surface area contributed by atoms with E-state index in [0.29, 0.717) is 19.4 Å². The van der Waals surface area contributed by atoms with Crippen LogP contribution < -0.4 is 0 Å². The molecule has 0 heterocycles. The van der Waals surface area contributed by atoms with Gasteiger partial charge in [0, 0.05) is 19.4 Å². The molecule has 0 aliphatic carbocycles. The molecule has 0 aromatic heterocycles. The SMILES string of the molecule is CCCCC/C=C\C/C=C\CCCCCCCCCCCCOCC(COC(=O)CCCCCCCCCCC/C=C\CCCCCCCC)OC(=O)CCCCCCC/C=C\CCCCCC. The lowest BCUT2D eigenvalue weighted by Gasteiger charge is -2.18. The van der Waals surface area contributed by atoms with Gasteiger partial charge in [-0.2, -0.15) is 0 Å². The van der Waals surface area contributed by atoms with Crippen molar-refractivity contribution in [1.29, 1.82) is 0 Å². The van der Waals surface area contributed by atoms with Crippen molar-refractivity contribution in [2.75, 3.05) is 19.8 Å². The fourth-order valence-electron chi connectivity index (χ4n) is 8.77. The molecule has 0 aromatic rings. The highest BCUT2D eigenvalue weighted by atomic mass is 16.6. The summed E-state index contributed by atoms with van der Waals surface area (Å²) >= 11 is 0. The molecule has 0 amide bonds. The van der Waals surface area contributed by atoms with Crippen LogP contribution >= 0.6 is 0 Å². The first-order valence-electron chi connectivity index (χ1n) is 30.2. The summed E-state index contributed by atoms with van der Waals surface area (Å²) in [4.78, 5) is 25.5. The molecule has 0 radical (unpaired) electrons. The maximum Gasteiger partial charge on any atom is 0.306 e. The highest BCUT2D eigenvalue weighted by Crippen LogP contribution is 2.16. The van der Waals surface area contributed by atoms with E-state index in [1.165, 1.54) is 225 Å². The average molecular weight is 954 g/mol. The van der Waals surface area contributed by atoms with E-state index >= 15 is 0 Å². The van der Waals surface area contributed by atoms with Crippen molar-refractivity contribution in [3.63, 3.8) is 0 Å². The first-order valence-corrected chi connectivity index (χ1v) is 30.2. The zero-order chi connectivity index (χ0) is 49.2. The van der Waals surface area contributed by atoms with E-state index in [2.05, 4.69) is 69.4 Å². The normalized spacial score (nSPS) is 12.5. The number of ether oxygens (including phenoxy) is 3. The van der Waals surface area contributed by atoms with Gasteiger partial charge in [-0.15, -0.1) is 0 Å². The van der Waals surface area contributed by atoms with Crippen LogP contribution in [0, 0.1) is 0 Å². The molecule has 0 bridgehead atoms. The molecule has 68 heavy (non-hydrogen) atoms. The Labute approximate surface area is 424 Å². The Hall–Kier alpha value is -2.14. The van der Waals surface area contributed by atoms with Gasteiger partial charge in [-0.05, 0) is 103 Å². The Morgan fingerprint density at radius 2 is 0.618 bits per heavy atom. The lowest BCUT2D eigenvalue weighted by Crippen LogP contribution is -2.30. The monoisotopic (exact) mass is 953 g/mol. The standard InChI is InChI=1S/C63H116O5/c1-4-7-10-13-16-19-22-25-27-29-31-33-35-37-40-43-46-49-52-55-58-66-59-61(68-63(65)57-54-51-48-45-42-38-24-21-18-15-12-9-6-3)60-67-62(64)56-53-50-47-44-41-39-36-34-32-30-28-26-23-20-17-14-11-8-5-2/h16,19,21,24-28,61H,4-15,17-18,20,22-23,29-60H2,1-3H3/b19-16-,24-21-,27-25-,28-26-. The molecule has 0 spiro atoms. The van der Waals surface area contributed by atoms with E-state index in [1.807, 2.05) is 0 Å². The third-order valence-electron chi connectivity index (χ3n) is 13.3. The molecule has 1 atom stereocenters. The van der Waals surface area contributed by atoms with Gasteiger partial charge in [-0.3, -0.25) is 9.59 Å². The number of carbonyl (C=O) groups is 2. The van der Waals surface area contributed by atoms with Crippen molar-refractivity contribution < 1.29 is 23.8 Å². The number of rotatable bonds is 56. The second kappa shape index (κ2) is 59.2. The highest BCUT2D eigenvalue weighted by Gasteiger charge is 2.17. The lowest BCUT2D eigenvalue weighted by atomic mass is 10.1. The first kappa shape index (κ1) is 65.9. The molecule has 0 N–H and O–H groups in total. The lowest BCUT2D eigenvalue weighted by molar-refractivity contribution is -0.163. The number of unbranched alkanes of at least 4 members (excludes halogenated alkanes) is 37. The van der Waals surface area contributed by atoms with Gasteiger partial charge in [0.2, 0.25) is 0 Å². The minimum Gasteiger partial charge on any atom is -0.462 e. The van der Waals surface area contributed by atoms with Crippen LogP contribution in [0.5, 0.6) is 0 Å². The predicted molar refractivity (Wildman–Crippen MR) is 298 cm³/mol. The van der Waals surface area contributed by atoms with Crippen molar-refractivity contribution in [1.82, 2.24) is 0 Å². The summed E-state index contributed by atoms with van der Waals surface area (Å²) in [5, 5.41) is 0. The zero-order valence-corrected chi connectivity index (χ0v) is 45.9. The minimum absolute atomic E-state index is 0.0825. The highest BCUT2D eigenvalue weighted by molar-refractivity contribution is 5.70. The molecule has 0 saturated carbocycles. The summed E-state index contributed by atoms with van der Waals surface area (Å²) in [6, 6.07) is 0. The van der Waals surface area contributed by atoms with Crippen LogP contribution in [0.2, 0.25) is 0 Å². The largest absolute Gasteiger partial charge is 0.462 e. The Bertz CT molecular complexity index is 1120. The van der Waals surface area contributed by atoms with Gasteiger partial charge in [0.1, 0.15) is 6.61 Å². The zero-order valence-electron chi connectivity index (χ0n) is 45.9. The van der Waals surface area contributed by atoms with Gasteiger partial charge in [0.15, 0.2) is 6.10 Å². The molecule has 5 heteroatoms. The van der Waals surface area contributed by atoms with Crippen LogP contribution in [0.25, 0.3) is 0 Å². The molecule has 0 fully saturated rings. The van der Waals surface area contributed by atoms with Crippen molar-refractivity contribution in [2.45, 2.75) is 322 Å². The molecule has 0 aromatic carbocycles. The molecule has 0 aliphatic heterocycles. The van der Waals surface area contributed by atoms with Crippen LogP contribution in [0.4, 0.5) is 0 Å². The first-order chi connectivity index (χ1) is 33.6. The molecular formula is C63H116O5. The summed E-state index contributed by atoms with van der Waals surface area (Å²) in [6.45, 7) is 7.82. The van der Waals surface area contributed by atoms with Gasteiger partial charge in [-0.25, -0.2) is 0 Å². The van der Waals surface area contributed by atoms with Gasteiger partial charge in [0.05, 0.1) is 6.61 Å². The fraction of sp³-hybridized carbons (Fsp3) is 0.841. The van der Waals surface area contributed by atoms with E-state index in [0.717, 1.165) is 57.8 Å². The van der Waals surface area contributed by atoms with E-state index in [-0.39, 0.29) is 25.2 Å². The average Bonchev–Trinajstić information content (AvgIpc) is 3.34. The molecular weight excluding hydrogens is 837 g/mol. The fourth-order valence-corrected chi connectivity index (χ4v) is 8.77. The van der Waals surface area contributed by atoms with Crippen molar-refractivity contribution >= 4 is 11.9 Å². The molecule has 0 rings (SSSR count). The summed E-state index contributed by atoms with van der Waals surface area (Å²) in [6.07, 6.45) is 74.2. The summed E-state index contributed by atoms with van der Waals surface area (Å²) in [7, 11) is 0. The van der Waals surface area contributed by atoms with Crippen LogP contribution in [-0.4, -0.2) is 37.9 Å². The summed E-state index contributed by atoms with van der Waals surface area (Å²) in [5.74, 6) is -0.396. The van der Waals surface area contributed by atoms with E-state index in [1.54, 1.807) is 0 Å². The number of hydrogen-bond donors (Lipinski definition) is 0. The maximum absolute atomic E-state index is 12.8.